The monoisotopic (exact) mass is 505 g/mol. The highest BCUT2D eigenvalue weighted by atomic mass is 32.2. The summed E-state index contributed by atoms with van der Waals surface area (Å²) in [4.78, 5) is 33.0. The maximum absolute atomic E-state index is 12.7. The molecular formula is C23H22F3N5O3S. The quantitative estimate of drug-likeness (QED) is 0.246. The first-order valence-electron chi connectivity index (χ1n) is 10.4. The molecule has 3 aromatic rings. The van der Waals surface area contributed by atoms with E-state index in [1.807, 2.05) is 0 Å². The van der Waals surface area contributed by atoms with Gasteiger partial charge >= 0.3 is 6.18 Å². The van der Waals surface area contributed by atoms with E-state index in [1.54, 1.807) is 30.5 Å². The number of nitrogens with zero attached hydrogens (tertiary/aromatic N) is 2. The van der Waals surface area contributed by atoms with Gasteiger partial charge in [-0.15, -0.1) is 11.8 Å². The van der Waals surface area contributed by atoms with Gasteiger partial charge in [0.15, 0.2) is 0 Å². The number of aromatic nitrogens is 2. The van der Waals surface area contributed by atoms with Gasteiger partial charge in [-0.2, -0.15) is 13.2 Å². The molecule has 0 spiro atoms. The lowest BCUT2D eigenvalue weighted by atomic mass is 10.2. The Bertz CT molecular complexity index is 1160. The van der Waals surface area contributed by atoms with Crippen molar-refractivity contribution in [3.63, 3.8) is 0 Å². The van der Waals surface area contributed by atoms with Crippen LogP contribution in [-0.4, -0.2) is 46.6 Å². The first-order chi connectivity index (χ1) is 16.8. The van der Waals surface area contributed by atoms with Gasteiger partial charge in [0.25, 0.3) is 5.91 Å². The minimum atomic E-state index is -4.46. The van der Waals surface area contributed by atoms with Crippen molar-refractivity contribution in [1.82, 2.24) is 15.3 Å². The number of aliphatic hydroxyl groups is 1. The number of aliphatic hydroxyl groups excluding tert-OH is 1. The van der Waals surface area contributed by atoms with Gasteiger partial charge in [-0.05, 0) is 54.1 Å². The van der Waals surface area contributed by atoms with Crippen molar-refractivity contribution in [3.05, 3.63) is 77.6 Å². The van der Waals surface area contributed by atoms with Crippen molar-refractivity contribution in [2.75, 3.05) is 30.3 Å². The van der Waals surface area contributed by atoms with E-state index < -0.39 is 17.6 Å². The molecule has 2 heterocycles. The highest BCUT2D eigenvalue weighted by molar-refractivity contribution is 7.98. The van der Waals surface area contributed by atoms with Crippen LogP contribution in [0.25, 0.3) is 0 Å². The van der Waals surface area contributed by atoms with Crippen LogP contribution in [0.5, 0.6) is 0 Å². The van der Waals surface area contributed by atoms with Crippen LogP contribution in [0.2, 0.25) is 0 Å². The molecule has 0 aliphatic heterocycles. The van der Waals surface area contributed by atoms with Gasteiger partial charge in [-0.25, -0.2) is 9.97 Å². The van der Waals surface area contributed by atoms with Gasteiger partial charge < -0.3 is 21.1 Å². The molecule has 0 aliphatic rings. The van der Waals surface area contributed by atoms with E-state index in [-0.39, 0.29) is 30.3 Å². The molecule has 0 saturated heterocycles. The predicted octanol–water partition coefficient (Wildman–Crippen LogP) is 3.56. The summed E-state index contributed by atoms with van der Waals surface area (Å²) in [7, 11) is 0. The summed E-state index contributed by atoms with van der Waals surface area (Å²) in [5.41, 5.74) is 0.520. The third-order valence-electron chi connectivity index (χ3n) is 4.53. The predicted molar refractivity (Wildman–Crippen MR) is 126 cm³/mol. The summed E-state index contributed by atoms with van der Waals surface area (Å²) < 4.78 is 38.2. The number of thioether (sulfide) groups is 1. The Morgan fingerprint density at radius 3 is 2.49 bits per heavy atom. The molecule has 0 bridgehead atoms. The van der Waals surface area contributed by atoms with Crippen molar-refractivity contribution in [1.29, 1.82) is 0 Å². The molecule has 0 radical (unpaired) electrons. The fraction of sp³-hybridized carbons (Fsp3) is 0.217. The molecular weight excluding hydrogens is 483 g/mol. The first kappa shape index (κ1) is 26.1. The largest absolute Gasteiger partial charge is 0.416 e. The lowest BCUT2D eigenvalue weighted by Crippen LogP contribution is -2.30. The summed E-state index contributed by atoms with van der Waals surface area (Å²) >= 11 is 1.29. The topological polar surface area (TPSA) is 116 Å². The molecule has 2 amide bonds. The second-order valence-electron chi connectivity index (χ2n) is 7.17. The smallest absolute Gasteiger partial charge is 0.395 e. The Hall–Kier alpha value is -3.48. The number of rotatable bonds is 10. The van der Waals surface area contributed by atoms with Crippen LogP contribution >= 0.6 is 11.8 Å². The van der Waals surface area contributed by atoms with Crippen LogP contribution < -0.4 is 16.0 Å². The number of carbonyl (C=O) groups excluding carboxylic acids is 2. The van der Waals surface area contributed by atoms with E-state index >= 15 is 0 Å². The number of hydrogen-bond donors (Lipinski definition) is 4. The van der Waals surface area contributed by atoms with Crippen LogP contribution in [-0.2, 0) is 16.7 Å². The average Bonchev–Trinajstić information content (AvgIpc) is 2.83. The molecule has 35 heavy (non-hydrogen) atoms. The minimum Gasteiger partial charge on any atom is -0.395 e. The second kappa shape index (κ2) is 12.3. The van der Waals surface area contributed by atoms with E-state index in [2.05, 4.69) is 25.9 Å². The molecule has 1 aromatic carbocycles. The maximum atomic E-state index is 12.7. The molecule has 3 rings (SSSR count). The van der Waals surface area contributed by atoms with Crippen LogP contribution in [0.4, 0.5) is 24.7 Å². The maximum Gasteiger partial charge on any atom is 0.416 e. The van der Waals surface area contributed by atoms with Crippen molar-refractivity contribution in [3.8, 4) is 0 Å². The fourth-order valence-electron chi connectivity index (χ4n) is 2.87. The summed E-state index contributed by atoms with van der Waals surface area (Å²) in [5, 5.41) is 17.2. The fourth-order valence-corrected chi connectivity index (χ4v) is 3.81. The van der Waals surface area contributed by atoms with Gasteiger partial charge in [0, 0.05) is 30.4 Å². The van der Waals surface area contributed by atoms with E-state index in [9.17, 15) is 22.8 Å². The van der Waals surface area contributed by atoms with Gasteiger partial charge in [0.1, 0.15) is 10.8 Å². The molecule has 0 aliphatic carbocycles. The number of nitrogens with one attached hydrogen (secondary N) is 3. The lowest BCUT2D eigenvalue weighted by Gasteiger charge is -2.11. The van der Waals surface area contributed by atoms with E-state index in [4.69, 9.17) is 5.11 Å². The molecule has 184 valence electrons. The zero-order chi connectivity index (χ0) is 25.3. The molecule has 0 atom stereocenters. The van der Waals surface area contributed by atoms with Crippen LogP contribution in [0.1, 0.15) is 21.5 Å². The van der Waals surface area contributed by atoms with E-state index in [1.165, 1.54) is 30.1 Å². The number of pyridine rings is 2. The van der Waals surface area contributed by atoms with Crippen molar-refractivity contribution in [2.24, 2.45) is 0 Å². The van der Waals surface area contributed by atoms with Gasteiger partial charge in [0.05, 0.1) is 24.3 Å². The zero-order valence-corrected chi connectivity index (χ0v) is 19.1. The first-order valence-corrected chi connectivity index (χ1v) is 11.4. The Labute approximate surface area is 203 Å². The standard InChI is InChI=1S/C23H22F3N5O3S/c24-23(25,26)16-3-5-17(6-4-16)30-21(34)18-2-1-8-29-22(18)35-14-15-7-9-28-19(12-15)31-20(33)13-27-10-11-32/h1-9,12,27,32H,10-11,13-14H2,(H,30,34)(H,28,31,33). The van der Waals surface area contributed by atoms with Gasteiger partial charge in [0.2, 0.25) is 5.91 Å². The van der Waals surface area contributed by atoms with Gasteiger partial charge in [-0.3, -0.25) is 9.59 Å². The Morgan fingerprint density at radius 2 is 1.77 bits per heavy atom. The summed E-state index contributed by atoms with van der Waals surface area (Å²) in [6.07, 6.45) is -1.37. The van der Waals surface area contributed by atoms with Crippen molar-refractivity contribution in [2.45, 2.75) is 17.0 Å². The van der Waals surface area contributed by atoms with Crippen LogP contribution in [0.3, 0.4) is 0 Å². The molecule has 0 unspecified atom stereocenters. The average molecular weight is 506 g/mol. The number of benzene rings is 1. The molecule has 0 fully saturated rings. The zero-order valence-electron chi connectivity index (χ0n) is 18.3. The van der Waals surface area contributed by atoms with E-state index in [0.29, 0.717) is 23.1 Å². The lowest BCUT2D eigenvalue weighted by molar-refractivity contribution is -0.137. The summed E-state index contributed by atoms with van der Waals surface area (Å²) in [6, 6.07) is 10.8. The number of hydrogen-bond acceptors (Lipinski definition) is 7. The van der Waals surface area contributed by atoms with Crippen molar-refractivity contribution >= 4 is 35.1 Å². The number of anilines is 2. The number of alkyl halides is 3. The highest BCUT2D eigenvalue weighted by Crippen LogP contribution is 2.30. The SMILES string of the molecule is O=C(CNCCO)Nc1cc(CSc2ncccc2C(=O)Nc2ccc(C(F)(F)F)cc2)ccn1. The molecule has 4 N–H and O–H groups in total. The third kappa shape index (κ3) is 8.05. The number of amides is 2. The second-order valence-corrected chi connectivity index (χ2v) is 8.14. The Morgan fingerprint density at radius 1 is 1.00 bits per heavy atom. The minimum absolute atomic E-state index is 0.0343. The van der Waals surface area contributed by atoms with Gasteiger partial charge in [-0.1, -0.05) is 0 Å². The molecule has 0 saturated carbocycles. The Kier molecular flexibility index (Phi) is 9.18. The highest BCUT2D eigenvalue weighted by Gasteiger charge is 2.30. The number of halogens is 3. The third-order valence-corrected chi connectivity index (χ3v) is 5.60. The van der Waals surface area contributed by atoms with Crippen LogP contribution in [0.15, 0.2) is 66.0 Å². The molecule has 2 aromatic heterocycles. The Balaban J connectivity index is 1.62. The normalized spacial score (nSPS) is 11.2. The summed E-state index contributed by atoms with van der Waals surface area (Å²) in [6.45, 7) is 0.263. The van der Waals surface area contributed by atoms with Crippen LogP contribution in [0, 0.1) is 0 Å². The molecule has 8 nitrogen and oxygen atoms in total. The molecule has 12 heteroatoms. The number of carbonyl (C=O) groups is 2. The van der Waals surface area contributed by atoms with E-state index in [0.717, 1.165) is 17.7 Å². The van der Waals surface area contributed by atoms with Crippen molar-refractivity contribution < 1.29 is 27.9 Å². The summed E-state index contributed by atoms with van der Waals surface area (Å²) in [5.74, 6) is -0.0209.